The summed E-state index contributed by atoms with van der Waals surface area (Å²) in [4.78, 5) is 40.3. The van der Waals surface area contributed by atoms with Crippen LogP contribution in [-0.4, -0.2) is 73.0 Å². The topological polar surface area (TPSA) is 186 Å². The highest BCUT2D eigenvalue weighted by molar-refractivity contribution is 6.62. The SMILES string of the molecule is CC1(C)OB(O)c2c1cc(F)c(NC(=O)C(Cc1ccc(C(F)(F)F)cc1)NC(=O)C(N)CCC(=O)N(CCN)CCN)c2F. The number of alkyl halides is 3. The zero-order valence-corrected chi connectivity index (χ0v) is 24.7. The molecule has 0 aromatic heterocycles. The zero-order chi connectivity index (χ0) is 33.7. The molecule has 1 aliphatic heterocycles. The number of amides is 3. The van der Waals surface area contributed by atoms with E-state index in [4.69, 9.17) is 21.9 Å². The predicted octanol–water partition coefficient (Wildman–Crippen LogP) is 0.456. The lowest BCUT2D eigenvalue weighted by Gasteiger charge is -2.24. The molecule has 11 nitrogen and oxygen atoms in total. The zero-order valence-electron chi connectivity index (χ0n) is 24.7. The average Bonchev–Trinajstić information content (AvgIpc) is 3.19. The molecule has 3 rings (SSSR count). The van der Waals surface area contributed by atoms with E-state index < -0.39 is 72.1 Å². The van der Waals surface area contributed by atoms with Crippen molar-refractivity contribution in [1.29, 1.82) is 0 Å². The van der Waals surface area contributed by atoms with E-state index in [1.807, 2.05) is 0 Å². The van der Waals surface area contributed by atoms with E-state index in [2.05, 4.69) is 10.6 Å². The van der Waals surface area contributed by atoms with Crippen molar-refractivity contribution in [3.8, 4) is 0 Å². The van der Waals surface area contributed by atoms with Crippen LogP contribution in [0.3, 0.4) is 0 Å². The standard InChI is InChI=1S/C28H36BF5N6O5/c1-27(2)17-14-18(30)24(23(31)22(17)29(44)45-27)39-26(43)20(13-15-3-5-16(6-4-15)28(32,33)34)38-25(42)19(37)7-8-21(41)40(11-9-35)12-10-36/h3-6,14,19-20,44H,7-13,35-37H2,1-2H3,(H,38,42)(H,39,43). The summed E-state index contributed by atoms with van der Waals surface area (Å²) in [6.45, 7) is 3.83. The number of nitrogens with one attached hydrogen (secondary N) is 2. The van der Waals surface area contributed by atoms with E-state index >= 15 is 8.78 Å². The van der Waals surface area contributed by atoms with Crippen LogP contribution in [0.25, 0.3) is 0 Å². The molecule has 17 heteroatoms. The molecular formula is C28H36BF5N6O5. The number of fused-ring (bicyclic) bond motifs is 1. The number of nitrogens with two attached hydrogens (primary N) is 3. The third kappa shape index (κ3) is 8.76. The van der Waals surface area contributed by atoms with Crippen molar-refractivity contribution in [1.82, 2.24) is 10.2 Å². The summed E-state index contributed by atoms with van der Waals surface area (Å²) in [5.41, 5.74) is 13.7. The van der Waals surface area contributed by atoms with Gasteiger partial charge in [-0.1, -0.05) is 12.1 Å². The lowest BCUT2D eigenvalue weighted by atomic mass is 9.77. The summed E-state index contributed by atoms with van der Waals surface area (Å²) in [5, 5.41) is 14.6. The Kier molecular flexibility index (Phi) is 11.7. The minimum absolute atomic E-state index is 0.0228. The van der Waals surface area contributed by atoms with E-state index in [0.717, 1.165) is 30.3 Å². The largest absolute Gasteiger partial charge is 0.495 e. The molecule has 0 bridgehead atoms. The second-order valence-corrected chi connectivity index (χ2v) is 11.0. The molecule has 0 saturated heterocycles. The first-order valence-corrected chi connectivity index (χ1v) is 14.1. The fourth-order valence-electron chi connectivity index (χ4n) is 4.89. The number of hydrogen-bond donors (Lipinski definition) is 6. The Morgan fingerprint density at radius 2 is 1.67 bits per heavy atom. The van der Waals surface area contributed by atoms with Gasteiger partial charge in [0.25, 0.3) is 0 Å². The number of halogens is 5. The Balaban J connectivity index is 1.83. The lowest BCUT2D eigenvalue weighted by Crippen LogP contribution is -2.51. The van der Waals surface area contributed by atoms with E-state index in [1.165, 1.54) is 18.7 Å². The van der Waals surface area contributed by atoms with Crippen LogP contribution in [0.15, 0.2) is 30.3 Å². The number of anilines is 1. The number of nitrogens with zero attached hydrogens (tertiary/aromatic N) is 1. The van der Waals surface area contributed by atoms with Crippen LogP contribution in [0, 0.1) is 11.6 Å². The Labute approximate surface area is 256 Å². The molecule has 2 atom stereocenters. The predicted molar refractivity (Wildman–Crippen MR) is 156 cm³/mol. The van der Waals surface area contributed by atoms with Gasteiger partial charge in [-0.3, -0.25) is 14.4 Å². The molecule has 1 aliphatic rings. The molecule has 3 amide bonds. The minimum Gasteiger partial charge on any atom is -0.423 e. The summed E-state index contributed by atoms with van der Waals surface area (Å²) < 4.78 is 74.9. The van der Waals surface area contributed by atoms with Gasteiger partial charge >= 0.3 is 13.3 Å². The van der Waals surface area contributed by atoms with Gasteiger partial charge in [-0.25, -0.2) is 8.78 Å². The van der Waals surface area contributed by atoms with E-state index in [0.29, 0.717) is 0 Å². The van der Waals surface area contributed by atoms with Gasteiger partial charge in [-0.2, -0.15) is 13.2 Å². The Morgan fingerprint density at radius 1 is 1.07 bits per heavy atom. The third-order valence-corrected chi connectivity index (χ3v) is 7.32. The normalized spacial score (nSPS) is 15.3. The smallest absolute Gasteiger partial charge is 0.423 e. The quantitative estimate of drug-likeness (QED) is 0.134. The van der Waals surface area contributed by atoms with Crippen molar-refractivity contribution in [3.05, 3.63) is 58.7 Å². The van der Waals surface area contributed by atoms with Crippen molar-refractivity contribution in [2.24, 2.45) is 17.2 Å². The summed E-state index contributed by atoms with van der Waals surface area (Å²) in [6, 6.07) is 1.75. The third-order valence-electron chi connectivity index (χ3n) is 7.32. The molecule has 2 unspecified atom stereocenters. The molecule has 0 aliphatic carbocycles. The van der Waals surface area contributed by atoms with E-state index in [1.54, 1.807) is 0 Å². The summed E-state index contributed by atoms with van der Waals surface area (Å²) >= 11 is 0. The second kappa shape index (κ2) is 14.6. The second-order valence-electron chi connectivity index (χ2n) is 11.0. The first-order chi connectivity index (χ1) is 21.0. The number of carbonyl (C=O) groups is 3. The summed E-state index contributed by atoms with van der Waals surface area (Å²) in [5.74, 6) is -4.89. The molecule has 0 radical (unpaired) electrons. The first kappa shape index (κ1) is 35.8. The molecule has 2 aromatic rings. The van der Waals surface area contributed by atoms with E-state index in [9.17, 15) is 32.6 Å². The maximum absolute atomic E-state index is 15.4. The summed E-state index contributed by atoms with van der Waals surface area (Å²) in [7, 11) is -1.75. The highest BCUT2D eigenvalue weighted by Crippen LogP contribution is 2.34. The van der Waals surface area contributed by atoms with Gasteiger partial charge in [-0.15, -0.1) is 0 Å². The highest BCUT2D eigenvalue weighted by Gasteiger charge is 2.45. The molecule has 2 aromatic carbocycles. The van der Waals surface area contributed by atoms with Gasteiger partial charge in [0, 0.05) is 44.5 Å². The van der Waals surface area contributed by atoms with Gasteiger partial charge in [0.15, 0.2) is 0 Å². The fourth-order valence-corrected chi connectivity index (χ4v) is 4.89. The van der Waals surface area contributed by atoms with Crippen molar-refractivity contribution in [2.75, 3.05) is 31.5 Å². The van der Waals surface area contributed by atoms with Gasteiger partial charge in [0.05, 0.1) is 17.2 Å². The lowest BCUT2D eigenvalue weighted by molar-refractivity contribution is -0.137. The molecule has 0 saturated carbocycles. The van der Waals surface area contributed by atoms with Crippen LogP contribution in [0.1, 0.15) is 43.4 Å². The molecule has 1 heterocycles. The van der Waals surface area contributed by atoms with Crippen LogP contribution in [0.2, 0.25) is 0 Å². The van der Waals surface area contributed by atoms with Crippen LogP contribution in [0.4, 0.5) is 27.6 Å². The van der Waals surface area contributed by atoms with Crippen LogP contribution in [-0.2, 0) is 37.2 Å². The molecule has 9 N–H and O–H groups in total. The minimum atomic E-state index is -4.62. The molecule has 45 heavy (non-hydrogen) atoms. The number of hydrogen-bond acceptors (Lipinski definition) is 8. The van der Waals surface area contributed by atoms with Gasteiger partial charge in [0.2, 0.25) is 17.7 Å². The van der Waals surface area contributed by atoms with Crippen LogP contribution in [0.5, 0.6) is 0 Å². The summed E-state index contributed by atoms with van der Waals surface area (Å²) in [6.07, 6.45) is -5.32. The maximum Gasteiger partial charge on any atom is 0.495 e. The van der Waals surface area contributed by atoms with Crippen molar-refractivity contribution in [3.63, 3.8) is 0 Å². The van der Waals surface area contributed by atoms with Crippen LogP contribution < -0.4 is 33.3 Å². The van der Waals surface area contributed by atoms with Gasteiger partial charge in [-0.05, 0) is 49.6 Å². The number of benzene rings is 2. The monoisotopic (exact) mass is 642 g/mol. The maximum atomic E-state index is 15.4. The Hall–Kier alpha value is -3.64. The van der Waals surface area contributed by atoms with E-state index in [-0.39, 0.29) is 61.5 Å². The number of carbonyl (C=O) groups excluding carboxylic acids is 3. The average molecular weight is 642 g/mol. The van der Waals surface area contributed by atoms with Gasteiger partial charge < -0.3 is 42.4 Å². The molecule has 0 spiro atoms. The molecule has 0 fully saturated rings. The first-order valence-electron chi connectivity index (χ1n) is 14.1. The van der Waals surface area contributed by atoms with Crippen molar-refractivity contribution < 1.29 is 46.0 Å². The Bertz CT molecular complexity index is 1390. The molecule has 246 valence electrons. The van der Waals surface area contributed by atoms with Crippen molar-refractivity contribution in [2.45, 2.75) is 57.0 Å². The van der Waals surface area contributed by atoms with Crippen LogP contribution >= 0.6 is 0 Å². The van der Waals surface area contributed by atoms with Crippen molar-refractivity contribution >= 4 is 36.0 Å². The number of rotatable bonds is 13. The van der Waals surface area contributed by atoms with Gasteiger partial charge in [0.1, 0.15) is 23.4 Å². The Morgan fingerprint density at radius 3 is 2.22 bits per heavy atom. The fraction of sp³-hybridized carbons (Fsp3) is 0.464. The highest BCUT2D eigenvalue weighted by atomic mass is 19.4. The molecular weight excluding hydrogens is 606 g/mol.